The van der Waals surface area contributed by atoms with Gasteiger partial charge < -0.3 is 4.74 Å². The molecule has 0 spiro atoms. The second kappa shape index (κ2) is 8.13. The van der Waals surface area contributed by atoms with Gasteiger partial charge in [0, 0.05) is 15.3 Å². The van der Waals surface area contributed by atoms with E-state index in [0.717, 1.165) is 17.3 Å². The van der Waals surface area contributed by atoms with Crippen molar-refractivity contribution in [1.82, 2.24) is 0 Å². The minimum Gasteiger partial charge on any atom is -0.469 e. The van der Waals surface area contributed by atoms with E-state index in [2.05, 4.69) is 26.0 Å². The lowest BCUT2D eigenvalue weighted by atomic mass is 9.74. The smallest absolute Gasteiger partial charge is 0.309 e. The van der Waals surface area contributed by atoms with Crippen molar-refractivity contribution in [2.45, 2.75) is 31.7 Å². The number of hydrogen-bond acceptors (Lipinski definition) is 4. The molecule has 1 aromatic rings. The summed E-state index contributed by atoms with van der Waals surface area (Å²) in [6, 6.07) is 6.17. The van der Waals surface area contributed by atoms with Crippen molar-refractivity contribution in [2.24, 2.45) is 17.0 Å². The monoisotopic (exact) mass is 379 g/mol. The maximum absolute atomic E-state index is 12.9. The van der Waals surface area contributed by atoms with Crippen molar-refractivity contribution in [2.75, 3.05) is 7.11 Å². The predicted octanol–water partition coefficient (Wildman–Crippen LogP) is 4.35. The number of halogens is 1. The lowest BCUT2D eigenvalue weighted by molar-refractivity contribution is -0.151. The molecule has 1 unspecified atom stereocenters. The number of hydrogen-bond donors (Lipinski definition) is 0. The van der Waals surface area contributed by atoms with Crippen molar-refractivity contribution in [3.8, 4) is 0 Å². The Morgan fingerprint density at radius 3 is 2.43 bits per heavy atom. The number of nitrogens with zero attached hydrogens (tertiary/aromatic N) is 3. The average molecular weight is 380 g/mol. The molecule has 1 aliphatic carbocycles. The molecule has 122 valence electrons. The standard InChI is InChI=1S/C16H18BrN3O3/c1-23-16(22)13-5-3-2-4-12(13)15(21)14(19-20-18)10-6-8-11(17)9-7-10/h6-9,12-14H,2-5H2,1H3/t12-,13-,14?/m1/s1. The van der Waals surface area contributed by atoms with E-state index in [1.54, 1.807) is 24.3 Å². The summed E-state index contributed by atoms with van der Waals surface area (Å²) < 4.78 is 5.70. The Morgan fingerprint density at radius 1 is 1.26 bits per heavy atom. The summed E-state index contributed by atoms with van der Waals surface area (Å²) in [6.45, 7) is 0. The van der Waals surface area contributed by atoms with E-state index < -0.39 is 17.9 Å². The predicted molar refractivity (Wildman–Crippen MR) is 88.5 cm³/mol. The van der Waals surface area contributed by atoms with Crippen molar-refractivity contribution in [3.63, 3.8) is 0 Å². The van der Waals surface area contributed by atoms with Crippen LogP contribution in [0.15, 0.2) is 33.9 Å². The Labute approximate surface area is 143 Å². The molecule has 0 heterocycles. The highest BCUT2D eigenvalue weighted by atomic mass is 79.9. The third-order valence-corrected chi connectivity index (χ3v) is 4.79. The fraction of sp³-hybridized carbons (Fsp3) is 0.500. The molecule has 0 N–H and O–H groups in total. The molecule has 1 aromatic carbocycles. The van der Waals surface area contributed by atoms with Crippen LogP contribution in [0.4, 0.5) is 0 Å². The summed E-state index contributed by atoms with van der Waals surface area (Å²) in [5.41, 5.74) is 9.46. The van der Waals surface area contributed by atoms with E-state index in [4.69, 9.17) is 10.3 Å². The summed E-state index contributed by atoms with van der Waals surface area (Å²) in [7, 11) is 1.33. The van der Waals surface area contributed by atoms with E-state index in [-0.39, 0.29) is 11.8 Å². The highest BCUT2D eigenvalue weighted by Crippen LogP contribution is 2.36. The minimum atomic E-state index is -0.914. The topological polar surface area (TPSA) is 92.1 Å². The van der Waals surface area contributed by atoms with Gasteiger partial charge in [-0.2, -0.15) is 0 Å². The first-order valence-corrected chi connectivity index (χ1v) is 8.29. The largest absolute Gasteiger partial charge is 0.469 e. The molecule has 0 aromatic heterocycles. The van der Waals surface area contributed by atoms with Gasteiger partial charge in [0.05, 0.1) is 13.0 Å². The SMILES string of the molecule is COC(=O)[C@@H]1CCCC[C@H]1C(=O)C(N=[N+]=[N-])c1ccc(Br)cc1. The van der Waals surface area contributed by atoms with Gasteiger partial charge >= 0.3 is 5.97 Å². The van der Waals surface area contributed by atoms with Crippen molar-refractivity contribution >= 4 is 27.7 Å². The van der Waals surface area contributed by atoms with Crippen LogP contribution < -0.4 is 0 Å². The maximum atomic E-state index is 12.9. The summed E-state index contributed by atoms with van der Waals surface area (Å²) >= 11 is 3.34. The van der Waals surface area contributed by atoms with Crippen LogP contribution in [-0.4, -0.2) is 18.9 Å². The Balaban J connectivity index is 2.30. The van der Waals surface area contributed by atoms with Crippen LogP contribution in [0.2, 0.25) is 0 Å². The van der Waals surface area contributed by atoms with Gasteiger partial charge in [0.15, 0.2) is 0 Å². The van der Waals surface area contributed by atoms with Crippen LogP contribution in [0, 0.1) is 11.8 Å². The van der Waals surface area contributed by atoms with Crippen LogP contribution in [0.3, 0.4) is 0 Å². The van der Waals surface area contributed by atoms with Crippen LogP contribution >= 0.6 is 15.9 Å². The number of carbonyl (C=O) groups excluding carboxylic acids is 2. The van der Waals surface area contributed by atoms with Gasteiger partial charge in [0.25, 0.3) is 0 Å². The van der Waals surface area contributed by atoms with Gasteiger partial charge in [-0.15, -0.1) is 0 Å². The summed E-state index contributed by atoms with van der Waals surface area (Å²) in [4.78, 5) is 27.7. The number of esters is 1. The molecule has 6 nitrogen and oxygen atoms in total. The molecule has 23 heavy (non-hydrogen) atoms. The average Bonchev–Trinajstić information content (AvgIpc) is 2.59. The quantitative estimate of drug-likeness (QED) is 0.329. The van der Waals surface area contributed by atoms with E-state index >= 15 is 0 Å². The Hall–Kier alpha value is -1.85. The third kappa shape index (κ3) is 4.12. The molecule has 0 aliphatic heterocycles. The Bertz CT molecular complexity index is 626. The molecule has 2 rings (SSSR count). The first-order valence-electron chi connectivity index (χ1n) is 7.49. The fourth-order valence-electron chi connectivity index (χ4n) is 3.09. The van der Waals surface area contributed by atoms with E-state index in [9.17, 15) is 9.59 Å². The number of carbonyl (C=O) groups is 2. The molecule has 1 aliphatic rings. The number of azide groups is 1. The molecular formula is C16H18BrN3O3. The van der Waals surface area contributed by atoms with Crippen LogP contribution in [0.25, 0.3) is 10.4 Å². The van der Waals surface area contributed by atoms with Gasteiger partial charge in [-0.05, 0) is 36.1 Å². The normalized spacial score (nSPS) is 21.8. The molecule has 0 amide bonds. The van der Waals surface area contributed by atoms with Crippen LogP contribution in [0.1, 0.15) is 37.3 Å². The number of methoxy groups -OCH3 is 1. The Kier molecular flexibility index (Phi) is 6.19. The first kappa shape index (κ1) is 17.5. The molecule has 7 heteroatoms. The fourth-order valence-corrected chi connectivity index (χ4v) is 3.36. The number of benzene rings is 1. The zero-order chi connectivity index (χ0) is 16.8. The summed E-state index contributed by atoms with van der Waals surface area (Å²) in [5, 5.41) is 3.68. The molecule has 1 saturated carbocycles. The van der Waals surface area contributed by atoms with Gasteiger partial charge in [0.1, 0.15) is 11.8 Å². The second-order valence-corrected chi connectivity index (χ2v) is 6.50. The molecule has 1 fully saturated rings. The molecule has 0 saturated heterocycles. The third-order valence-electron chi connectivity index (χ3n) is 4.26. The molecule has 0 radical (unpaired) electrons. The molecular weight excluding hydrogens is 362 g/mol. The second-order valence-electron chi connectivity index (χ2n) is 5.58. The lowest BCUT2D eigenvalue weighted by Gasteiger charge is -2.30. The highest BCUT2D eigenvalue weighted by Gasteiger charge is 2.39. The molecule has 0 bridgehead atoms. The van der Waals surface area contributed by atoms with E-state index in [1.165, 1.54) is 7.11 Å². The Morgan fingerprint density at radius 2 is 1.87 bits per heavy atom. The minimum absolute atomic E-state index is 0.208. The maximum Gasteiger partial charge on any atom is 0.309 e. The summed E-state index contributed by atoms with van der Waals surface area (Å²) in [6.07, 6.45) is 3.03. The number of ketones is 1. The van der Waals surface area contributed by atoms with Gasteiger partial charge in [-0.3, -0.25) is 9.59 Å². The van der Waals surface area contributed by atoms with Crippen LogP contribution in [0.5, 0.6) is 0 Å². The van der Waals surface area contributed by atoms with Gasteiger partial charge in [-0.25, -0.2) is 0 Å². The first-order chi connectivity index (χ1) is 11.1. The van der Waals surface area contributed by atoms with Gasteiger partial charge in [0.2, 0.25) is 0 Å². The molecule has 3 atom stereocenters. The van der Waals surface area contributed by atoms with E-state index in [0.29, 0.717) is 18.4 Å². The van der Waals surface area contributed by atoms with Crippen molar-refractivity contribution in [3.05, 3.63) is 44.7 Å². The summed E-state index contributed by atoms with van der Waals surface area (Å²) in [5.74, 6) is -1.48. The van der Waals surface area contributed by atoms with Gasteiger partial charge in [-0.1, -0.05) is 46.0 Å². The zero-order valence-corrected chi connectivity index (χ0v) is 14.4. The number of Topliss-reactive ketones (excluding diaryl/α,β-unsaturated/α-hetero) is 1. The number of rotatable bonds is 5. The van der Waals surface area contributed by atoms with Crippen molar-refractivity contribution in [1.29, 1.82) is 0 Å². The highest BCUT2D eigenvalue weighted by molar-refractivity contribution is 9.10. The van der Waals surface area contributed by atoms with E-state index in [1.807, 2.05) is 0 Å². The zero-order valence-electron chi connectivity index (χ0n) is 12.8. The lowest BCUT2D eigenvalue weighted by Crippen LogP contribution is -2.35. The van der Waals surface area contributed by atoms with Crippen LogP contribution in [-0.2, 0) is 14.3 Å². The number of ether oxygens (including phenoxy) is 1. The van der Waals surface area contributed by atoms with Crippen molar-refractivity contribution < 1.29 is 14.3 Å².